The van der Waals surface area contributed by atoms with Crippen molar-refractivity contribution < 1.29 is 14.3 Å². The van der Waals surface area contributed by atoms with E-state index < -0.39 is 5.97 Å². The molecular formula is C13H12ClNO3. The number of ether oxygens (including phenoxy) is 1. The summed E-state index contributed by atoms with van der Waals surface area (Å²) in [6, 6.07) is 4.55. The van der Waals surface area contributed by atoms with E-state index in [1.54, 1.807) is 13.8 Å². The molecule has 1 rings (SSSR count). The van der Waals surface area contributed by atoms with E-state index in [-0.39, 0.29) is 11.7 Å². The number of isocyanates is 1. The maximum absolute atomic E-state index is 11.7. The first-order valence-corrected chi connectivity index (χ1v) is 5.61. The summed E-state index contributed by atoms with van der Waals surface area (Å²) in [5.74, 6) is -0.556. The van der Waals surface area contributed by atoms with Gasteiger partial charge in [0.2, 0.25) is 6.08 Å². The minimum absolute atomic E-state index is 0.122. The molecule has 0 radical (unpaired) electrons. The Balaban J connectivity index is 3.08. The first-order valence-electron chi connectivity index (χ1n) is 5.23. The van der Waals surface area contributed by atoms with E-state index >= 15 is 0 Å². The number of halogens is 1. The molecule has 4 nitrogen and oxygen atoms in total. The predicted octanol–water partition coefficient (Wildman–Crippen LogP) is 3.27. The fourth-order valence-electron chi connectivity index (χ4n) is 1.26. The number of esters is 1. The van der Waals surface area contributed by atoms with Gasteiger partial charge in [-0.1, -0.05) is 18.2 Å². The summed E-state index contributed by atoms with van der Waals surface area (Å²) in [4.78, 5) is 25.3. The van der Waals surface area contributed by atoms with Crippen LogP contribution in [0.1, 0.15) is 19.4 Å². The van der Waals surface area contributed by atoms with Gasteiger partial charge in [0.25, 0.3) is 0 Å². The highest BCUT2D eigenvalue weighted by Crippen LogP contribution is 2.28. The van der Waals surface area contributed by atoms with Crippen molar-refractivity contribution in [3.05, 3.63) is 35.4 Å². The quantitative estimate of drug-likeness (QED) is 0.363. The first-order chi connectivity index (χ1) is 8.45. The van der Waals surface area contributed by atoms with E-state index in [9.17, 15) is 9.59 Å². The van der Waals surface area contributed by atoms with Gasteiger partial charge in [0, 0.05) is 10.6 Å². The molecule has 0 saturated heterocycles. The largest absolute Gasteiger partial charge is 0.459 e. The number of rotatable bonds is 4. The highest BCUT2D eigenvalue weighted by Gasteiger charge is 2.15. The molecule has 1 aromatic rings. The molecule has 0 bridgehead atoms. The van der Waals surface area contributed by atoms with Gasteiger partial charge < -0.3 is 4.74 Å². The summed E-state index contributed by atoms with van der Waals surface area (Å²) in [6.07, 6.45) is 1.17. The van der Waals surface area contributed by atoms with Crippen molar-refractivity contribution in [3.63, 3.8) is 0 Å². The Kier molecular flexibility index (Phi) is 4.84. The van der Waals surface area contributed by atoms with Crippen LogP contribution in [0.25, 0.3) is 5.57 Å². The maximum atomic E-state index is 11.7. The van der Waals surface area contributed by atoms with Crippen LogP contribution in [-0.4, -0.2) is 18.2 Å². The van der Waals surface area contributed by atoms with Crippen LogP contribution in [0.2, 0.25) is 5.02 Å². The van der Waals surface area contributed by atoms with Crippen LogP contribution in [0, 0.1) is 0 Å². The lowest BCUT2D eigenvalue weighted by Crippen LogP contribution is -2.12. The third-order valence-corrected chi connectivity index (χ3v) is 2.37. The zero-order valence-corrected chi connectivity index (χ0v) is 10.8. The van der Waals surface area contributed by atoms with Gasteiger partial charge in [-0.05, 0) is 32.0 Å². The summed E-state index contributed by atoms with van der Waals surface area (Å²) < 4.78 is 5.02. The Morgan fingerprint density at radius 1 is 1.50 bits per heavy atom. The summed E-state index contributed by atoms with van der Waals surface area (Å²) in [6.45, 7) is 7.11. The molecule has 0 heterocycles. The molecule has 94 valence electrons. The van der Waals surface area contributed by atoms with Crippen LogP contribution in [-0.2, 0) is 14.3 Å². The van der Waals surface area contributed by atoms with E-state index in [1.165, 1.54) is 24.3 Å². The number of hydrogen-bond acceptors (Lipinski definition) is 4. The van der Waals surface area contributed by atoms with Crippen LogP contribution in [0.3, 0.4) is 0 Å². The molecule has 0 saturated carbocycles. The van der Waals surface area contributed by atoms with Crippen molar-refractivity contribution in [1.82, 2.24) is 0 Å². The van der Waals surface area contributed by atoms with Crippen molar-refractivity contribution in [2.45, 2.75) is 20.0 Å². The van der Waals surface area contributed by atoms with E-state index in [1.807, 2.05) is 0 Å². The number of hydrogen-bond donors (Lipinski definition) is 0. The van der Waals surface area contributed by atoms with E-state index in [4.69, 9.17) is 16.3 Å². The smallest absolute Gasteiger partial charge is 0.338 e. The molecule has 0 aromatic heterocycles. The molecule has 5 heteroatoms. The lowest BCUT2D eigenvalue weighted by molar-refractivity contribution is -0.140. The third-order valence-electron chi connectivity index (χ3n) is 2.04. The lowest BCUT2D eigenvalue weighted by atomic mass is 10.1. The summed E-state index contributed by atoms with van der Waals surface area (Å²) in [5, 5.41) is 0.338. The average molecular weight is 266 g/mol. The minimum Gasteiger partial charge on any atom is -0.459 e. The van der Waals surface area contributed by atoms with Gasteiger partial charge in [-0.15, -0.1) is 0 Å². The Hall–Kier alpha value is -1.90. The van der Waals surface area contributed by atoms with Gasteiger partial charge in [-0.25, -0.2) is 9.59 Å². The zero-order valence-electron chi connectivity index (χ0n) is 10.1. The van der Waals surface area contributed by atoms with Gasteiger partial charge in [0.15, 0.2) is 0 Å². The van der Waals surface area contributed by atoms with Crippen LogP contribution < -0.4 is 0 Å². The van der Waals surface area contributed by atoms with Crippen molar-refractivity contribution in [1.29, 1.82) is 0 Å². The number of aliphatic imine (C=N–C) groups is 1. The molecule has 0 aliphatic heterocycles. The normalized spacial score (nSPS) is 9.78. The number of nitrogens with zero attached hydrogens (tertiary/aromatic N) is 1. The van der Waals surface area contributed by atoms with Gasteiger partial charge in [0.1, 0.15) is 0 Å². The third kappa shape index (κ3) is 3.55. The summed E-state index contributed by atoms with van der Waals surface area (Å²) >= 11 is 5.96. The molecule has 0 fully saturated rings. The summed E-state index contributed by atoms with van der Waals surface area (Å²) in [5.41, 5.74) is 0.860. The van der Waals surface area contributed by atoms with Crippen molar-refractivity contribution in [2.75, 3.05) is 0 Å². The Morgan fingerprint density at radius 3 is 2.72 bits per heavy atom. The monoisotopic (exact) mass is 265 g/mol. The topological polar surface area (TPSA) is 55.7 Å². The molecule has 0 aliphatic carbocycles. The van der Waals surface area contributed by atoms with Crippen LogP contribution >= 0.6 is 11.6 Å². The van der Waals surface area contributed by atoms with Crippen molar-refractivity contribution in [2.24, 2.45) is 4.99 Å². The zero-order chi connectivity index (χ0) is 13.7. The Bertz CT molecular complexity index is 531. The molecule has 0 spiro atoms. The second-order valence-corrected chi connectivity index (χ2v) is 4.21. The molecular weight excluding hydrogens is 254 g/mol. The fraction of sp³-hybridized carbons (Fsp3) is 0.231. The second-order valence-electron chi connectivity index (χ2n) is 3.80. The number of carbonyl (C=O) groups is 1. The van der Waals surface area contributed by atoms with Gasteiger partial charge >= 0.3 is 5.97 Å². The summed E-state index contributed by atoms with van der Waals surface area (Å²) in [7, 11) is 0. The first kappa shape index (κ1) is 14.2. The van der Waals surface area contributed by atoms with Crippen molar-refractivity contribution in [3.8, 4) is 0 Å². The Labute approximate surface area is 110 Å². The lowest BCUT2D eigenvalue weighted by Gasteiger charge is -2.11. The molecule has 0 aliphatic rings. The van der Waals surface area contributed by atoms with Gasteiger partial charge in [-0.2, -0.15) is 4.99 Å². The minimum atomic E-state index is -0.556. The standard InChI is InChI=1S/C13H12ClNO3/c1-8(2)18-13(17)9(3)11-6-10(15-7-16)4-5-12(11)14/h4-6,8H,3H2,1-2H3. The van der Waals surface area contributed by atoms with Crippen LogP contribution in [0.5, 0.6) is 0 Å². The molecule has 0 amide bonds. The van der Waals surface area contributed by atoms with Gasteiger partial charge in [0.05, 0.1) is 17.4 Å². The SMILES string of the molecule is C=C(C(=O)OC(C)C)c1cc(N=C=O)ccc1Cl. The molecule has 0 atom stereocenters. The fourth-order valence-corrected chi connectivity index (χ4v) is 1.49. The van der Waals surface area contributed by atoms with Crippen LogP contribution in [0.15, 0.2) is 29.8 Å². The van der Waals surface area contributed by atoms with Gasteiger partial charge in [-0.3, -0.25) is 0 Å². The van der Waals surface area contributed by atoms with E-state index in [2.05, 4.69) is 11.6 Å². The van der Waals surface area contributed by atoms with E-state index in [0.717, 1.165) is 0 Å². The Morgan fingerprint density at radius 2 is 2.17 bits per heavy atom. The predicted molar refractivity (Wildman–Crippen MR) is 69.5 cm³/mol. The van der Waals surface area contributed by atoms with Crippen molar-refractivity contribution >= 4 is 34.9 Å². The number of carbonyl (C=O) groups excluding carboxylic acids is 2. The molecule has 1 aromatic carbocycles. The number of benzene rings is 1. The van der Waals surface area contributed by atoms with E-state index in [0.29, 0.717) is 16.3 Å². The molecule has 0 N–H and O–H groups in total. The van der Waals surface area contributed by atoms with Crippen LogP contribution in [0.4, 0.5) is 5.69 Å². The maximum Gasteiger partial charge on any atom is 0.338 e. The second kappa shape index (κ2) is 6.15. The highest BCUT2D eigenvalue weighted by atomic mass is 35.5. The highest BCUT2D eigenvalue weighted by molar-refractivity contribution is 6.34. The average Bonchev–Trinajstić information content (AvgIpc) is 2.30. The molecule has 18 heavy (non-hydrogen) atoms. The molecule has 0 unspecified atom stereocenters.